The van der Waals surface area contributed by atoms with Crippen molar-refractivity contribution in [3.8, 4) is 0 Å². The summed E-state index contributed by atoms with van der Waals surface area (Å²) in [5, 5.41) is 3.30. The number of rotatable bonds is 4. The van der Waals surface area contributed by atoms with Crippen molar-refractivity contribution in [1.82, 2.24) is 9.97 Å². The normalized spacial score (nSPS) is 16.9. The Morgan fingerprint density at radius 2 is 2.20 bits per heavy atom. The third-order valence-electron chi connectivity index (χ3n) is 2.01. The third-order valence-corrected chi connectivity index (χ3v) is 5.61. The molecule has 2 rings (SSSR count). The molecule has 0 aliphatic carbocycles. The van der Waals surface area contributed by atoms with E-state index in [-0.39, 0.29) is 0 Å². The van der Waals surface area contributed by atoms with Gasteiger partial charge in [-0.25, -0.2) is 9.97 Å². The summed E-state index contributed by atoms with van der Waals surface area (Å²) in [4.78, 5) is 8.12. The van der Waals surface area contributed by atoms with Crippen LogP contribution in [0.25, 0.3) is 0 Å². The molecule has 0 amide bonds. The van der Waals surface area contributed by atoms with Gasteiger partial charge in [-0.15, -0.1) is 23.5 Å². The Morgan fingerprint density at radius 3 is 2.93 bits per heavy atom. The Hall–Kier alpha value is 0.0600. The second kappa shape index (κ2) is 5.96. The molecular weight excluding hydrogens is 294 g/mol. The lowest BCUT2D eigenvalue weighted by molar-refractivity contribution is 0.949. The van der Waals surface area contributed by atoms with Gasteiger partial charge >= 0.3 is 0 Å². The number of hydrogen-bond acceptors (Lipinski definition) is 5. The zero-order chi connectivity index (χ0) is 10.5. The standard InChI is InChI=1S/C9H12BrN3S2/c10-7-5-8(13-6-12-7)11-2-1-9-14-3-4-15-9/h5-6,9H,1-4H2,(H,11,12,13). The Kier molecular flexibility index (Phi) is 4.59. The average molecular weight is 306 g/mol. The maximum absolute atomic E-state index is 4.14. The van der Waals surface area contributed by atoms with Crippen molar-refractivity contribution >= 4 is 45.3 Å². The fourth-order valence-electron chi connectivity index (χ4n) is 1.32. The SMILES string of the molecule is Brc1cc(NCCC2SCCS2)ncn1. The Balaban J connectivity index is 1.73. The predicted octanol–water partition coefficient (Wildman–Crippen LogP) is 2.85. The van der Waals surface area contributed by atoms with Gasteiger partial charge in [0.1, 0.15) is 16.7 Å². The minimum Gasteiger partial charge on any atom is -0.370 e. The minimum absolute atomic E-state index is 0.766. The van der Waals surface area contributed by atoms with Crippen LogP contribution in [0.5, 0.6) is 0 Å². The lowest BCUT2D eigenvalue weighted by Crippen LogP contribution is -2.07. The molecule has 0 saturated carbocycles. The summed E-state index contributed by atoms with van der Waals surface area (Å²) in [5.41, 5.74) is 0. The van der Waals surface area contributed by atoms with Crippen molar-refractivity contribution in [1.29, 1.82) is 0 Å². The highest BCUT2D eigenvalue weighted by Gasteiger charge is 2.15. The first kappa shape index (κ1) is 11.5. The molecule has 1 saturated heterocycles. The number of hydrogen-bond donors (Lipinski definition) is 1. The first-order valence-electron chi connectivity index (χ1n) is 4.79. The van der Waals surface area contributed by atoms with E-state index in [2.05, 4.69) is 54.7 Å². The third kappa shape index (κ3) is 3.85. The molecule has 2 heterocycles. The molecule has 0 radical (unpaired) electrons. The predicted molar refractivity (Wildman–Crippen MR) is 71.5 cm³/mol. The van der Waals surface area contributed by atoms with E-state index >= 15 is 0 Å². The molecule has 6 heteroatoms. The molecule has 1 N–H and O–H groups in total. The number of nitrogens with one attached hydrogen (secondary N) is 1. The fraction of sp³-hybridized carbons (Fsp3) is 0.556. The van der Waals surface area contributed by atoms with Crippen molar-refractivity contribution < 1.29 is 0 Å². The van der Waals surface area contributed by atoms with Gasteiger partial charge in [0, 0.05) is 24.1 Å². The van der Waals surface area contributed by atoms with Crippen molar-refractivity contribution in [3.05, 3.63) is 17.0 Å². The van der Waals surface area contributed by atoms with Crippen LogP contribution in [0.4, 0.5) is 5.82 Å². The summed E-state index contributed by atoms with van der Waals surface area (Å²) in [7, 11) is 0. The van der Waals surface area contributed by atoms with Crippen LogP contribution in [0.15, 0.2) is 17.0 Å². The smallest absolute Gasteiger partial charge is 0.130 e. The maximum Gasteiger partial charge on any atom is 0.130 e. The van der Waals surface area contributed by atoms with Crippen LogP contribution in [-0.4, -0.2) is 32.6 Å². The molecule has 0 unspecified atom stereocenters. The highest BCUT2D eigenvalue weighted by molar-refractivity contribution is 9.10. The van der Waals surface area contributed by atoms with Crippen molar-refractivity contribution in [3.63, 3.8) is 0 Å². The van der Waals surface area contributed by atoms with Crippen molar-refractivity contribution in [2.24, 2.45) is 0 Å². The van der Waals surface area contributed by atoms with Gasteiger partial charge in [0.25, 0.3) is 0 Å². The summed E-state index contributed by atoms with van der Waals surface area (Å²) in [6.45, 7) is 0.980. The number of thioether (sulfide) groups is 2. The summed E-state index contributed by atoms with van der Waals surface area (Å²) in [6, 6.07) is 1.90. The van der Waals surface area contributed by atoms with Crippen LogP contribution in [0, 0.1) is 0 Å². The van der Waals surface area contributed by atoms with E-state index in [1.54, 1.807) is 6.33 Å². The van der Waals surface area contributed by atoms with E-state index in [0.717, 1.165) is 21.5 Å². The largest absolute Gasteiger partial charge is 0.370 e. The van der Waals surface area contributed by atoms with Crippen LogP contribution in [0.2, 0.25) is 0 Å². The van der Waals surface area contributed by atoms with Gasteiger partial charge in [-0.3, -0.25) is 0 Å². The number of anilines is 1. The monoisotopic (exact) mass is 305 g/mol. The minimum atomic E-state index is 0.766. The fourth-order valence-corrected chi connectivity index (χ4v) is 4.46. The van der Waals surface area contributed by atoms with Gasteiger partial charge in [0.15, 0.2) is 0 Å². The zero-order valence-electron chi connectivity index (χ0n) is 8.15. The van der Waals surface area contributed by atoms with Gasteiger partial charge in [0.05, 0.1) is 4.58 Å². The first-order chi connectivity index (χ1) is 7.34. The molecular formula is C9H12BrN3S2. The molecule has 15 heavy (non-hydrogen) atoms. The second-order valence-corrected chi connectivity index (χ2v) is 6.84. The lowest BCUT2D eigenvalue weighted by Gasteiger charge is -2.09. The number of aromatic nitrogens is 2. The molecule has 1 aliphatic heterocycles. The quantitative estimate of drug-likeness (QED) is 0.866. The van der Waals surface area contributed by atoms with E-state index in [0.29, 0.717) is 0 Å². The van der Waals surface area contributed by atoms with Crippen molar-refractivity contribution in [2.45, 2.75) is 11.0 Å². The topological polar surface area (TPSA) is 37.8 Å². The van der Waals surface area contributed by atoms with E-state index in [1.807, 2.05) is 6.07 Å². The van der Waals surface area contributed by atoms with Gasteiger partial charge in [-0.2, -0.15) is 0 Å². The van der Waals surface area contributed by atoms with Gasteiger partial charge in [0.2, 0.25) is 0 Å². The van der Waals surface area contributed by atoms with Crippen LogP contribution >= 0.6 is 39.5 Å². The first-order valence-corrected chi connectivity index (χ1v) is 7.68. The molecule has 1 aliphatic rings. The molecule has 1 aromatic heterocycles. The van der Waals surface area contributed by atoms with E-state index in [9.17, 15) is 0 Å². The molecule has 0 spiro atoms. The van der Waals surface area contributed by atoms with Crippen LogP contribution in [-0.2, 0) is 0 Å². The average Bonchev–Trinajstić information content (AvgIpc) is 2.71. The Morgan fingerprint density at radius 1 is 1.40 bits per heavy atom. The lowest BCUT2D eigenvalue weighted by atomic mass is 10.4. The molecule has 1 aromatic rings. The molecule has 82 valence electrons. The summed E-state index contributed by atoms with van der Waals surface area (Å²) in [6.07, 6.45) is 2.75. The highest BCUT2D eigenvalue weighted by atomic mass is 79.9. The maximum atomic E-state index is 4.14. The van der Waals surface area contributed by atoms with Gasteiger partial charge in [-0.05, 0) is 22.4 Å². The molecule has 1 fully saturated rings. The van der Waals surface area contributed by atoms with Crippen molar-refractivity contribution in [2.75, 3.05) is 23.4 Å². The van der Waals surface area contributed by atoms with E-state index in [1.165, 1.54) is 17.9 Å². The summed E-state index contributed by atoms with van der Waals surface area (Å²) >= 11 is 7.44. The van der Waals surface area contributed by atoms with Crippen LogP contribution in [0.3, 0.4) is 0 Å². The second-order valence-electron chi connectivity index (χ2n) is 3.11. The van der Waals surface area contributed by atoms with Gasteiger partial charge in [-0.1, -0.05) is 0 Å². The Bertz CT molecular complexity index is 318. The molecule has 0 bridgehead atoms. The van der Waals surface area contributed by atoms with Gasteiger partial charge < -0.3 is 5.32 Å². The number of halogens is 1. The van der Waals surface area contributed by atoms with E-state index < -0.39 is 0 Å². The Labute approximate surface area is 106 Å². The number of nitrogens with zero attached hydrogens (tertiary/aromatic N) is 2. The molecule has 0 atom stereocenters. The van der Waals surface area contributed by atoms with Crippen LogP contribution in [0.1, 0.15) is 6.42 Å². The highest BCUT2D eigenvalue weighted by Crippen LogP contribution is 2.33. The zero-order valence-corrected chi connectivity index (χ0v) is 11.4. The molecule has 3 nitrogen and oxygen atoms in total. The van der Waals surface area contributed by atoms with E-state index in [4.69, 9.17) is 0 Å². The molecule has 0 aromatic carbocycles. The summed E-state index contributed by atoms with van der Waals surface area (Å²) in [5.74, 6) is 3.49. The summed E-state index contributed by atoms with van der Waals surface area (Å²) < 4.78 is 1.59. The van der Waals surface area contributed by atoms with Crippen LogP contribution < -0.4 is 5.32 Å².